The van der Waals surface area contributed by atoms with Crippen molar-refractivity contribution < 1.29 is 4.79 Å². The van der Waals surface area contributed by atoms with Crippen LogP contribution in [0.25, 0.3) is 0 Å². The van der Waals surface area contributed by atoms with Crippen molar-refractivity contribution >= 4 is 17.2 Å². The number of nitriles is 1. The zero-order valence-electron chi connectivity index (χ0n) is 12.2. The lowest BCUT2D eigenvalue weighted by Gasteiger charge is -2.24. The van der Waals surface area contributed by atoms with Crippen molar-refractivity contribution in [1.82, 2.24) is 4.90 Å². The molecular weight excluding hydrogens is 280 g/mol. The predicted molar refractivity (Wildman–Crippen MR) is 85.1 cm³/mol. The van der Waals surface area contributed by atoms with Crippen molar-refractivity contribution in [2.45, 2.75) is 20.4 Å². The Morgan fingerprint density at radius 2 is 2.19 bits per heavy atom. The average molecular weight is 298 g/mol. The van der Waals surface area contributed by atoms with Gasteiger partial charge in [-0.05, 0) is 46.5 Å². The molecular formula is C17H18N2OS. The maximum Gasteiger partial charge on any atom is 0.254 e. The molecule has 0 unspecified atom stereocenters. The van der Waals surface area contributed by atoms with Crippen LogP contribution in [0, 0.1) is 17.2 Å². The average Bonchev–Trinajstić information content (AvgIpc) is 2.98. The largest absolute Gasteiger partial charge is 0.334 e. The zero-order valence-corrected chi connectivity index (χ0v) is 13.1. The van der Waals surface area contributed by atoms with Crippen molar-refractivity contribution in [3.63, 3.8) is 0 Å². The van der Waals surface area contributed by atoms with E-state index in [0.29, 0.717) is 30.1 Å². The molecule has 0 spiro atoms. The fourth-order valence-electron chi connectivity index (χ4n) is 2.17. The van der Waals surface area contributed by atoms with Gasteiger partial charge in [0.15, 0.2) is 0 Å². The van der Waals surface area contributed by atoms with Crippen LogP contribution in [0.3, 0.4) is 0 Å². The van der Waals surface area contributed by atoms with E-state index in [-0.39, 0.29) is 5.91 Å². The highest BCUT2D eigenvalue weighted by Crippen LogP contribution is 2.15. The second-order valence-corrected chi connectivity index (χ2v) is 6.18. The monoisotopic (exact) mass is 298 g/mol. The summed E-state index contributed by atoms with van der Waals surface area (Å²) in [5.74, 6) is 0.374. The van der Waals surface area contributed by atoms with E-state index in [9.17, 15) is 4.79 Å². The van der Waals surface area contributed by atoms with E-state index in [2.05, 4.69) is 25.3 Å². The first-order valence-corrected chi connectivity index (χ1v) is 7.85. The van der Waals surface area contributed by atoms with Gasteiger partial charge in [-0.3, -0.25) is 4.79 Å². The molecule has 21 heavy (non-hydrogen) atoms. The summed E-state index contributed by atoms with van der Waals surface area (Å²) in [5, 5.41) is 13.0. The third-order valence-corrected chi connectivity index (χ3v) is 3.80. The molecule has 4 heteroatoms. The summed E-state index contributed by atoms with van der Waals surface area (Å²) in [6, 6.07) is 11.0. The third-order valence-electron chi connectivity index (χ3n) is 3.06. The molecule has 0 aliphatic carbocycles. The van der Waals surface area contributed by atoms with Crippen LogP contribution >= 0.6 is 11.3 Å². The molecule has 1 aromatic carbocycles. The van der Waals surface area contributed by atoms with Crippen molar-refractivity contribution in [1.29, 1.82) is 5.26 Å². The fourth-order valence-corrected chi connectivity index (χ4v) is 2.83. The normalized spacial score (nSPS) is 10.4. The molecule has 0 radical (unpaired) electrons. The molecule has 0 aliphatic heterocycles. The van der Waals surface area contributed by atoms with Gasteiger partial charge in [-0.25, -0.2) is 0 Å². The minimum Gasteiger partial charge on any atom is -0.334 e. The summed E-state index contributed by atoms with van der Waals surface area (Å²) in [6.45, 7) is 5.50. The van der Waals surface area contributed by atoms with Crippen molar-refractivity contribution in [3.05, 3.63) is 57.8 Å². The smallest absolute Gasteiger partial charge is 0.254 e. The Hall–Kier alpha value is -2.12. The molecule has 3 nitrogen and oxygen atoms in total. The second kappa shape index (κ2) is 7.05. The summed E-state index contributed by atoms with van der Waals surface area (Å²) in [4.78, 5) is 14.5. The van der Waals surface area contributed by atoms with E-state index >= 15 is 0 Å². The van der Waals surface area contributed by atoms with E-state index < -0.39 is 0 Å². The Kier molecular flexibility index (Phi) is 5.13. The molecule has 108 valence electrons. The van der Waals surface area contributed by atoms with Crippen LogP contribution in [0.1, 0.15) is 35.3 Å². The van der Waals surface area contributed by atoms with E-state index in [1.807, 2.05) is 16.3 Å². The highest BCUT2D eigenvalue weighted by atomic mass is 32.1. The zero-order chi connectivity index (χ0) is 15.2. The minimum atomic E-state index is -0.0213. The molecule has 0 aliphatic rings. The number of amides is 1. The maximum atomic E-state index is 12.7. The summed E-state index contributed by atoms with van der Waals surface area (Å²) >= 11 is 1.63. The lowest BCUT2D eigenvalue weighted by molar-refractivity contribution is 0.0723. The Balaban J connectivity index is 2.22. The van der Waals surface area contributed by atoms with E-state index in [1.165, 1.54) is 0 Å². The van der Waals surface area contributed by atoms with Gasteiger partial charge in [-0.1, -0.05) is 19.9 Å². The molecule has 0 bridgehead atoms. The lowest BCUT2D eigenvalue weighted by Crippen LogP contribution is -2.33. The number of carbonyl (C=O) groups is 1. The van der Waals surface area contributed by atoms with Crippen LogP contribution in [0.5, 0.6) is 0 Å². The quantitative estimate of drug-likeness (QED) is 0.839. The summed E-state index contributed by atoms with van der Waals surface area (Å²) < 4.78 is 0. The SMILES string of the molecule is CC(C)CN(Cc1ccsc1)C(=O)c1cccc(C#N)c1. The molecule has 0 saturated carbocycles. The lowest BCUT2D eigenvalue weighted by atomic mass is 10.1. The van der Waals surface area contributed by atoms with Gasteiger partial charge in [-0.15, -0.1) is 0 Å². The Bertz CT molecular complexity index is 641. The summed E-state index contributed by atoms with van der Waals surface area (Å²) in [6.07, 6.45) is 0. The molecule has 0 fully saturated rings. The van der Waals surface area contributed by atoms with E-state index in [1.54, 1.807) is 35.6 Å². The molecule has 0 saturated heterocycles. The van der Waals surface area contributed by atoms with Crippen LogP contribution in [-0.4, -0.2) is 17.4 Å². The van der Waals surface area contributed by atoms with Gasteiger partial charge in [0.25, 0.3) is 5.91 Å². The standard InChI is InChI=1S/C17H18N2OS/c1-13(2)10-19(11-15-6-7-21-12-15)17(20)16-5-3-4-14(8-16)9-18/h3-8,12-13H,10-11H2,1-2H3. The summed E-state index contributed by atoms with van der Waals surface area (Å²) in [5.41, 5.74) is 2.23. The molecule has 0 atom stereocenters. The van der Waals surface area contributed by atoms with Gasteiger partial charge >= 0.3 is 0 Å². The summed E-state index contributed by atoms with van der Waals surface area (Å²) in [7, 11) is 0. The number of hydrogen-bond donors (Lipinski definition) is 0. The van der Waals surface area contributed by atoms with E-state index in [4.69, 9.17) is 5.26 Å². The van der Waals surface area contributed by atoms with Gasteiger partial charge in [0.2, 0.25) is 0 Å². The first-order valence-electron chi connectivity index (χ1n) is 6.90. The number of nitrogens with zero attached hydrogens (tertiary/aromatic N) is 2. The third kappa shape index (κ3) is 4.17. The van der Waals surface area contributed by atoms with Gasteiger partial charge in [0.05, 0.1) is 11.6 Å². The number of benzene rings is 1. The molecule has 1 amide bonds. The Labute approximate surface area is 129 Å². The highest BCUT2D eigenvalue weighted by molar-refractivity contribution is 7.07. The van der Waals surface area contributed by atoms with Gasteiger partial charge < -0.3 is 4.90 Å². The van der Waals surface area contributed by atoms with Crippen LogP contribution < -0.4 is 0 Å². The van der Waals surface area contributed by atoms with E-state index in [0.717, 1.165) is 5.56 Å². The van der Waals surface area contributed by atoms with Crippen LogP contribution in [0.2, 0.25) is 0 Å². The predicted octanol–water partition coefficient (Wildman–Crippen LogP) is 3.92. The fraction of sp³-hybridized carbons (Fsp3) is 0.294. The van der Waals surface area contributed by atoms with Crippen LogP contribution in [0.15, 0.2) is 41.1 Å². The first-order chi connectivity index (χ1) is 10.1. The number of thiophene rings is 1. The molecule has 2 aromatic rings. The van der Waals surface area contributed by atoms with Crippen molar-refractivity contribution in [2.75, 3.05) is 6.54 Å². The van der Waals surface area contributed by atoms with Gasteiger partial charge in [0.1, 0.15) is 0 Å². The number of hydrogen-bond acceptors (Lipinski definition) is 3. The molecule has 1 aromatic heterocycles. The van der Waals surface area contributed by atoms with Crippen molar-refractivity contribution in [3.8, 4) is 6.07 Å². The number of carbonyl (C=O) groups excluding carboxylic acids is 1. The number of rotatable bonds is 5. The topological polar surface area (TPSA) is 44.1 Å². The van der Waals surface area contributed by atoms with Gasteiger partial charge in [-0.2, -0.15) is 16.6 Å². The van der Waals surface area contributed by atoms with Crippen LogP contribution in [-0.2, 0) is 6.54 Å². The maximum absolute atomic E-state index is 12.7. The first kappa shape index (κ1) is 15.3. The second-order valence-electron chi connectivity index (χ2n) is 5.40. The highest BCUT2D eigenvalue weighted by Gasteiger charge is 2.17. The van der Waals surface area contributed by atoms with Crippen molar-refractivity contribution in [2.24, 2.45) is 5.92 Å². The molecule has 1 heterocycles. The van der Waals surface area contributed by atoms with Crippen LogP contribution in [0.4, 0.5) is 0 Å². The van der Waals surface area contributed by atoms with Gasteiger partial charge in [0, 0.05) is 18.7 Å². The Morgan fingerprint density at radius 1 is 1.38 bits per heavy atom. The minimum absolute atomic E-state index is 0.0213. The molecule has 0 N–H and O–H groups in total. The molecule has 2 rings (SSSR count). The Morgan fingerprint density at radius 3 is 2.81 bits per heavy atom.